The highest BCUT2D eigenvalue weighted by molar-refractivity contribution is 5.83. The first-order valence-electron chi connectivity index (χ1n) is 14.9. The summed E-state index contributed by atoms with van der Waals surface area (Å²) in [5.41, 5.74) is 2.88. The Morgan fingerprint density at radius 1 is 0.955 bits per heavy atom. The van der Waals surface area contributed by atoms with Gasteiger partial charge in [0, 0.05) is 19.6 Å². The van der Waals surface area contributed by atoms with Crippen molar-refractivity contribution in [3.63, 3.8) is 0 Å². The first-order chi connectivity index (χ1) is 21.4. The number of nitrogens with zero attached hydrogens (tertiary/aromatic N) is 4. The normalized spacial score (nSPS) is 16.9. The molecule has 0 aromatic heterocycles. The van der Waals surface area contributed by atoms with Crippen LogP contribution in [-0.2, 0) is 29.1 Å². The SMILES string of the molecule is CCCN(C(=O)NCc1ccccc1)N(CC=O)[C@H]1CN(Cc2ccc(OC)c(OC)c2)C(=O)[C@H](Cc2ccccc2)N1C. The van der Waals surface area contributed by atoms with E-state index in [-0.39, 0.29) is 25.0 Å². The predicted octanol–water partition coefficient (Wildman–Crippen LogP) is 3.95. The number of hydrazine groups is 1. The highest BCUT2D eigenvalue weighted by atomic mass is 16.5. The summed E-state index contributed by atoms with van der Waals surface area (Å²) in [6.07, 6.45) is 1.54. The number of hydrogen-bond donors (Lipinski definition) is 1. The number of aldehydes is 1. The van der Waals surface area contributed by atoms with Gasteiger partial charge in [-0.15, -0.1) is 0 Å². The number of methoxy groups -OCH3 is 2. The molecule has 10 nitrogen and oxygen atoms in total. The average molecular weight is 602 g/mol. The molecule has 1 aliphatic rings. The van der Waals surface area contributed by atoms with Gasteiger partial charge in [0.15, 0.2) is 11.5 Å². The number of carbonyl (C=O) groups is 3. The van der Waals surface area contributed by atoms with Gasteiger partial charge in [0.1, 0.15) is 6.29 Å². The summed E-state index contributed by atoms with van der Waals surface area (Å²) in [4.78, 5) is 43.6. The van der Waals surface area contributed by atoms with Crippen molar-refractivity contribution in [3.8, 4) is 11.5 Å². The van der Waals surface area contributed by atoms with Crippen molar-refractivity contribution < 1.29 is 23.9 Å². The highest BCUT2D eigenvalue weighted by Crippen LogP contribution is 2.30. The molecule has 44 heavy (non-hydrogen) atoms. The molecule has 0 unspecified atom stereocenters. The molecule has 1 N–H and O–H groups in total. The van der Waals surface area contributed by atoms with Crippen LogP contribution in [-0.4, -0.2) is 91.2 Å². The van der Waals surface area contributed by atoms with Gasteiger partial charge in [-0.25, -0.2) is 4.79 Å². The number of piperazine rings is 1. The molecule has 1 aliphatic heterocycles. The smallest absolute Gasteiger partial charge is 0.332 e. The van der Waals surface area contributed by atoms with Crippen LogP contribution in [0.15, 0.2) is 78.9 Å². The Labute approximate surface area is 260 Å². The quantitative estimate of drug-likeness (QED) is 0.221. The van der Waals surface area contributed by atoms with E-state index in [0.717, 1.165) is 23.0 Å². The van der Waals surface area contributed by atoms with Gasteiger partial charge in [0.25, 0.3) is 0 Å². The Balaban J connectivity index is 1.66. The number of nitrogens with one attached hydrogen (secondary N) is 1. The Morgan fingerprint density at radius 2 is 1.61 bits per heavy atom. The number of rotatable bonds is 14. The lowest BCUT2D eigenvalue weighted by Gasteiger charge is -2.50. The van der Waals surface area contributed by atoms with E-state index in [1.807, 2.05) is 103 Å². The first kappa shape index (κ1) is 32.5. The van der Waals surface area contributed by atoms with E-state index >= 15 is 0 Å². The minimum absolute atomic E-state index is 0.00971. The number of hydrogen-bond acceptors (Lipinski definition) is 7. The molecule has 0 radical (unpaired) electrons. The van der Waals surface area contributed by atoms with Crippen LogP contribution in [0.1, 0.15) is 30.0 Å². The third-order valence-corrected chi connectivity index (χ3v) is 7.91. The Kier molecular flexibility index (Phi) is 11.7. The standard InChI is InChI=1S/C34H43N5O5/c1-5-18-39(34(42)35-23-27-14-10-7-11-15-27)38(19-20-40)32-25-37(24-28-16-17-30(43-3)31(22-28)44-4)33(41)29(36(32)2)21-26-12-8-6-9-13-26/h6-17,20,22,29,32H,5,18-19,21,23-25H2,1-4H3,(H,35,42)/t29-,32-/m0/s1. The second-order valence-corrected chi connectivity index (χ2v) is 10.8. The lowest BCUT2D eigenvalue weighted by Crippen LogP contribution is -2.69. The van der Waals surface area contributed by atoms with Crippen molar-refractivity contribution >= 4 is 18.2 Å². The van der Waals surface area contributed by atoms with Crippen molar-refractivity contribution in [1.29, 1.82) is 0 Å². The zero-order valence-corrected chi connectivity index (χ0v) is 26.0. The highest BCUT2D eigenvalue weighted by Gasteiger charge is 2.43. The summed E-state index contributed by atoms with van der Waals surface area (Å²) in [5.74, 6) is 1.16. The maximum atomic E-state index is 14.1. The van der Waals surface area contributed by atoms with Crippen LogP contribution >= 0.6 is 0 Å². The van der Waals surface area contributed by atoms with E-state index in [4.69, 9.17) is 9.47 Å². The van der Waals surface area contributed by atoms with E-state index in [1.54, 1.807) is 24.2 Å². The van der Waals surface area contributed by atoms with Gasteiger partial charge in [-0.2, -0.15) is 5.01 Å². The second kappa shape index (κ2) is 15.9. The molecule has 0 aliphatic carbocycles. The minimum Gasteiger partial charge on any atom is -0.493 e. The van der Waals surface area contributed by atoms with Gasteiger partial charge >= 0.3 is 6.03 Å². The fraction of sp³-hybridized carbons (Fsp3) is 0.382. The first-order valence-corrected chi connectivity index (χ1v) is 14.9. The molecule has 0 bridgehead atoms. The summed E-state index contributed by atoms with van der Waals surface area (Å²) in [5, 5.41) is 6.42. The number of urea groups is 1. The van der Waals surface area contributed by atoms with Gasteiger partial charge in [-0.05, 0) is 48.7 Å². The van der Waals surface area contributed by atoms with E-state index in [1.165, 1.54) is 0 Å². The molecule has 1 saturated heterocycles. The topological polar surface area (TPSA) is 94.7 Å². The number of ether oxygens (including phenoxy) is 2. The second-order valence-electron chi connectivity index (χ2n) is 10.8. The zero-order valence-electron chi connectivity index (χ0n) is 26.0. The maximum Gasteiger partial charge on any atom is 0.332 e. The molecule has 3 aromatic carbocycles. The molecule has 0 saturated carbocycles. The lowest BCUT2D eigenvalue weighted by atomic mass is 10.00. The van der Waals surface area contributed by atoms with Crippen molar-refractivity contribution in [2.75, 3.05) is 40.9 Å². The predicted molar refractivity (Wildman–Crippen MR) is 169 cm³/mol. The van der Waals surface area contributed by atoms with Gasteiger partial charge in [0.05, 0.1) is 39.5 Å². The molecule has 1 heterocycles. The molecule has 3 amide bonds. The maximum absolute atomic E-state index is 14.1. The van der Waals surface area contributed by atoms with Gasteiger partial charge in [0.2, 0.25) is 5.91 Å². The third kappa shape index (κ3) is 7.94. The van der Waals surface area contributed by atoms with Crippen LogP contribution < -0.4 is 14.8 Å². The van der Waals surface area contributed by atoms with Crippen LogP contribution in [0, 0.1) is 0 Å². The fourth-order valence-corrected chi connectivity index (χ4v) is 5.60. The van der Waals surface area contributed by atoms with Crippen molar-refractivity contribution in [1.82, 2.24) is 25.1 Å². The van der Waals surface area contributed by atoms with E-state index < -0.39 is 12.2 Å². The van der Waals surface area contributed by atoms with Crippen molar-refractivity contribution in [3.05, 3.63) is 95.6 Å². The fourth-order valence-electron chi connectivity index (χ4n) is 5.60. The monoisotopic (exact) mass is 601 g/mol. The molecule has 10 heteroatoms. The van der Waals surface area contributed by atoms with E-state index in [2.05, 4.69) is 5.32 Å². The van der Waals surface area contributed by atoms with Crippen LogP contribution in [0.25, 0.3) is 0 Å². The summed E-state index contributed by atoms with van der Waals surface area (Å²) in [7, 11) is 5.06. The molecule has 1 fully saturated rings. The Hall–Kier alpha value is -4.41. The number of benzene rings is 3. The number of likely N-dealkylation sites (N-methyl/N-ethyl adjacent to an activating group) is 1. The van der Waals surface area contributed by atoms with Gasteiger partial charge in [-0.3, -0.25) is 14.7 Å². The van der Waals surface area contributed by atoms with Crippen LogP contribution in [0.5, 0.6) is 11.5 Å². The summed E-state index contributed by atoms with van der Waals surface area (Å²) >= 11 is 0. The van der Waals surface area contributed by atoms with Crippen LogP contribution in [0.4, 0.5) is 4.79 Å². The molecule has 234 valence electrons. The Morgan fingerprint density at radius 3 is 2.23 bits per heavy atom. The number of amides is 3. The summed E-state index contributed by atoms with van der Waals surface area (Å²) < 4.78 is 10.9. The molecule has 0 spiro atoms. The Bertz CT molecular complexity index is 1370. The summed E-state index contributed by atoms with van der Waals surface area (Å²) in [6, 6.07) is 24.4. The largest absolute Gasteiger partial charge is 0.493 e. The van der Waals surface area contributed by atoms with Crippen LogP contribution in [0.3, 0.4) is 0 Å². The van der Waals surface area contributed by atoms with Gasteiger partial charge < -0.3 is 24.5 Å². The lowest BCUT2D eigenvalue weighted by molar-refractivity contribution is -0.162. The van der Waals surface area contributed by atoms with E-state index in [0.29, 0.717) is 44.0 Å². The number of carbonyl (C=O) groups excluding carboxylic acids is 3. The molecule has 3 aromatic rings. The van der Waals surface area contributed by atoms with E-state index in [9.17, 15) is 14.4 Å². The molecular weight excluding hydrogens is 558 g/mol. The third-order valence-electron chi connectivity index (χ3n) is 7.91. The molecule has 2 atom stereocenters. The van der Waals surface area contributed by atoms with Crippen LogP contribution in [0.2, 0.25) is 0 Å². The average Bonchev–Trinajstić information content (AvgIpc) is 3.05. The van der Waals surface area contributed by atoms with Crippen molar-refractivity contribution in [2.24, 2.45) is 0 Å². The minimum atomic E-state index is -0.513. The summed E-state index contributed by atoms with van der Waals surface area (Å²) in [6.45, 7) is 3.37. The zero-order chi connectivity index (χ0) is 31.5. The van der Waals surface area contributed by atoms with Crippen molar-refractivity contribution in [2.45, 2.75) is 45.1 Å². The van der Waals surface area contributed by atoms with Gasteiger partial charge in [-0.1, -0.05) is 73.7 Å². The molecule has 4 rings (SSSR count). The molecular formula is C34H43N5O5.